The first-order chi connectivity index (χ1) is 22.3. The maximum Gasteiger partial charge on any atom is 0.416 e. The van der Waals surface area contributed by atoms with Crippen molar-refractivity contribution < 1.29 is 27.4 Å². The first-order valence-corrected chi connectivity index (χ1v) is 14.7. The van der Waals surface area contributed by atoms with Crippen LogP contribution in [0.3, 0.4) is 0 Å². The standard InChI is InChI=1S/C34H31F3N6O3/c1-45-27-12-10-26(11-13-27)39-32-38-17-14-28(40-32)30-29(24-8-5-9-25(20-24)34(35,36)37)41-31(42-30)23-15-18-43(19-16-23)33(44)46-21-22-6-3-2-4-7-22/h2-14,17,20,23H,15-16,18-19,21H2,1H3,(H,41,42)(H,38,39,40). The Balaban J connectivity index is 1.25. The number of nitrogens with zero attached hydrogens (tertiary/aromatic N) is 4. The molecule has 1 amide bonds. The van der Waals surface area contributed by atoms with Gasteiger partial charge in [0.1, 0.15) is 18.2 Å². The lowest BCUT2D eigenvalue weighted by molar-refractivity contribution is -0.137. The van der Waals surface area contributed by atoms with Crippen LogP contribution in [0, 0.1) is 0 Å². The van der Waals surface area contributed by atoms with E-state index in [4.69, 9.17) is 14.5 Å². The highest BCUT2D eigenvalue weighted by Crippen LogP contribution is 2.37. The Morgan fingerprint density at radius 1 is 0.978 bits per heavy atom. The smallest absolute Gasteiger partial charge is 0.416 e. The molecule has 2 N–H and O–H groups in total. The number of ether oxygens (including phenoxy) is 2. The first kappa shape index (κ1) is 30.6. The average molecular weight is 629 g/mol. The summed E-state index contributed by atoms with van der Waals surface area (Å²) >= 11 is 0. The molecule has 1 fully saturated rings. The van der Waals surface area contributed by atoms with Crippen LogP contribution in [0.4, 0.5) is 29.6 Å². The number of alkyl halides is 3. The van der Waals surface area contributed by atoms with E-state index in [9.17, 15) is 18.0 Å². The summed E-state index contributed by atoms with van der Waals surface area (Å²) in [5, 5.41) is 3.15. The number of halogens is 3. The number of methoxy groups -OCH3 is 1. The fraction of sp³-hybridized carbons (Fsp3) is 0.235. The number of hydrogen-bond donors (Lipinski definition) is 2. The van der Waals surface area contributed by atoms with Gasteiger partial charge in [-0.05, 0) is 60.9 Å². The molecule has 12 heteroatoms. The van der Waals surface area contributed by atoms with Crippen LogP contribution in [0.25, 0.3) is 22.6 Å². The quantitative estimate of drug-likeness (QED) is 0.181. The largest absolute Gasteiger partial charge is 0.497 e. The lowest BCUT2D eigenvalue weighted by Crippen LogP contribution is -2.38. The zero-order chi connectivity index (χ0) is 32.1. The van der Waals surface area contributed by atoms with E-state index in [2.05, 4.69) is 20.3 Å². The van der Waals surface area contributed by atoms with E-state index in [1.165, 1.54) is 6.07 Å². The number of imidazole rings is 1. The van der Waals surface area contributed by atoms with E-state index < -0.39 is 11.7 Å². The molecule has 46 heavy (non-hydrogen) atoms. The van der Waals surface area contributed by atoms with Crippen molar-refractivity contribution in [3.05, 3.63) is 108 Å². The van der Waals surface area contributed by atoms with Crippen molar-refractivity contribution in [2.24, 2.45) is 0 Å². The third-order valence-corrected chi connectivity index (χ3v) is 7.79. The molecule has 9 nitrogen and oxygen atoms in total. The zero-order valence-electron chi connectivity index (χ0n) is 24.9. The molecule has 0 unspecified atom stereocenters. The Morgan fingerprint density at radius 3 is 2.46 bits per heavy atom. The highest BCUT2D eigenvalue weighted by Gasteiger charge is 2.32. The fourth-order valence-electron chi connectivity index (χ4n) is 5.33. The van der Waals surface area contributed by atoms with Crippen LogP contribution in [0.1, 0.15) is 35.7 Å². The van der Waals surface area contributed by atoms with Gasteiger partial charge in [0, 0.05) is 36.5 Å². The van der Waals surface area contributed by atoms with E-state index in [1.807, 2.05) is 42.5 Å². The van der Waals surface area contributed by atoms with Crippen LogP contribution in [-0.2, 0) is 17.5 Å². The van der Waals surface area contributed by atoms with Crippen LogP contribution < -0.4 is 10.1 Å². The second-order valence-corrected chi connectivity index (χ2v) is 10.8. The third-order valence-electron chi connectivity index (χ3n) is 7.79. The van der Waals surface area contributed by atoms with Gasteiger partial charge in [-0.2, -0.15) is 13.2 Å². The summed E-state index contributed by atoms with van der Waals surface area (Å²) in [7, 11) is 1.58. The minimum absolute atomic E-state index is 0.0600. The van der Waals surface area contributed by atoms with E-state index >= 15 is 0 Å². The zero-order valence-corrected chi connectivity index (χ0v) is 24.9. The van der Waals surface area contributed by atoms with Crippen molar-refractivity contribution in [1.82, 2.24) is 24.8 Å². The summed E-state index contributed by atoms with van der Waals surface area (Å²) in [5.41, 5.74) is 2.45. The topological polar surface area (TPSA) is 105 Å². The van der Waals surface area contributed by atoms with Crippen molar-refractivity contribution in [2.45, 2.75) is 31.5 Å². The molecule has 2 aromatic heterocycles. The Morgan fingerprint density at radius 2 is 1.74 bits per heavy atom. The highest BCUT2D eigenvalue weighted by atomic mass is 19.4. The molecular weight excluding hydrogens is 597 g/mol. The van der Waals surface area contributed by atoms with Crippen LogP contribution in [0.15, 0.2) is 91.1 Å². The van der Waals surface area contributed by atoms with Crippen LogP contribution in [0.5, 0.6) is 5.75 Å². The summed E-state index contributed by atoms with van der Waals surface area (Å²) < 4.78 is 51.7. The number of anilines is 2. The number of piperidine rings is 1. The van der Waals surface area contributed by atoms with E-state index in [1.54, 1.807) is 42.5 Å². The van der Waals surface area contributed by atoms with Crippen LogP contribution >= 0.6 is 0 Å². The average Bonchev–Trinajstić information content (AvgIpc) is 3.54. The molecular formula is C34H31F3N6O3. The van der Waals surface area contributed by atoms with Gasteiger partial charge in [-0.3, -0.25) is 0 Å². The summed E-state index contributed by atoms with van der Waals surface area (Å²) in [6.07, 6.45) is -2.12. The van der Waals surface area contributed by atoms with E-state index in [0.29, 0.717) is 66.1 Å². The molecule has 236 valence electrons. The highest BCUT2D eigenvalue weighted by molar-refractivity contribution is 5.77. The number of carbonyl (C=O) groups excluding carboxylic acids is 1. The molecule has 0 aliphatic carbocycles. The van der Waals surface area contributed by atoms with Gasteiger partial charge < -0.3 is 24.7 Å². The maximum absolute atomic E-state index is 13.7. The number of nitrogens with one attached hydrogen (secondary N) is 2. The molecule has 3 heterocycles. The van der Waals surface area contributed by atoms with Crippen molar-refractivity contribution in [3.8, 4) is 28.4 Å². The second-order valence-electron chi connectivity index (χ2n) is 10.8. The molecule has 1 saturated heterocycles. The molecule has 0 radical (unpaired) electrons. The predicted octanol–water partition coefficient (Wildman–Crippen LogP) is 7.82. The summed E-state index contributed by atoms with van der Waals surface area (Å²) in [6.45, 7) is 1.10. The third kappa shape index (κ3) is 7.12. The molecule has 0 bridgehead atoms. The Labute approximate surface area is 263 Å². The van der Waals surface area contributed by atoms with Gasteiger partial charge in [0.25, 0.3) is 0 Å². The number of likely N-dealkylation sites (tertiary alicyclic amines) is 1. The minimum Gasteiger partial charge on any atom is -0.497 e. The lowest BCUT2D eigenvalue weighted by atomic mass is 9.96. The Kier molecular flexibility index (Phi) is 8.86. The number of amides is 1. The van der Waals surface area contributed by atoms with Gasteiger partial charge in [-0.25, -0.2) is 19.7 Å². The number of benzene rings is 3. The molecule has 6 rings (SSSR count). The fourth-order valence-corrected chi connectivity index (χ4v) is 5.33. The van der Waals surface area contributed by atoms with Gasteiger partial charge in [0.15, 0.2) is 0 Å². The SMILES string of the molecule is COc1ccc(Nc2nccc(-c3[nH]c(C4CCN(C(=O)OCc5ccccc5)CC4)nc3-c3cccc(C(F)(F)F)c3)n2)cc1. The molecule has 0 spiro atoms. The number of carbonyl (C=O) groups is 1. The van der Waals surface area contributed by atoms with Crippen LogP contribution in [-0.4, -0.2) is 51.1 Å². The molecule has 0 atom stereocenters. The van der Waals surface area contributed by atoms with Gasteiger partial charge >= 0.3 is 12.3 Å². The number of rotatable bonds is 8. The summed E-state index contributed by atoms with van der Waals surface area (Å²) in [5.74, 6) is 1.56. The molecule has 0 saturated carbocycles. The molecule has 5 aromatic rings. The number of aromatic amines is 1. The van der Waals surface area contributed by atoms with E-state index in [0.717, 1.165) is 23.4 Å². The van der Waals surface area contributed by atoms with Crippen LogP contribution in [0.2, 0.25) is 0 Å². The van der Waals surface area contributed by atoms with Gasteiger partial charge in [0.05, 0.1) is 29.8 Å². The van der Waals surface area contributed by atoms with Gasteiger partial charge in [0.2, 0.25) is 5.95 Å². The number of hydrogen-bond acceptors (Lipinski definition) is 7. The Hall–Kier alpha value is -5.39. The molecule has 1 aliphatic rings. The van der Waals surface area contributed by atoms with Gasteiger partial charge in [-0.15, -0.1) is 0 Å². The van der Waals surface area contributed by atoms with Crippen molar-refractivity contribution in [3.63, 3.8) is 0 Å². The monoisotopic (exact) mass is 628 g/mol. The van der Waals surface area contributed by atoms with Crippen molar-refractivity contribution in [2.75, 3.05) is 25.5 Å². The number of aromatic nitrogens is 4. The minimum atomic E-state index is -4.51. The normalized spacial score (nSPS) is 13.8. The summed E-state index contributed by atoms with van der Waals surface area (Å²) in [4.78, 5) is 31.6. The Bertz CT molecular complexity index is 1790. The van der Waals surface area contributed by atoms with Crippen molar-refractivity contribution >= 4 is 17.7 Å². The maximum atomic E-state index is 13.7. The van der Waals surface area contributed by atoms with E-state index in [-0.39, 0.29) is 18.6 Å². The lowest BCUT2D eigenvalue weighted by Gasteiger charge is -2.30. The first-order valence-electron chi connectivity index (χ1n) is 14.7. The van der Waals surface area contributed by atoms with Gasteiger partial charge in [-0.1, -0.05) is 42.5 Å². The number of H-pyrrole nitrogens is 1. The predicted molar refractivity (Wildman–Crippen MR) is 167 cm³/mol. The molecule has 1 aliphatic heterocycles. The van der Waals surface area contributed by atoms with Crippen molar-refractivity contribution in [1.29, 1.82) is 0 Å². The molecule has 3 aromatic carbocycles. The second kappa shape index (κ2) is 13.3. The summed E-state index contributed by atoms with van der Waals surface area (Å²) in [6, 6.07) is 23.5.